The first-order valence-electron chi connectivity index (χ1n) is 5.75. The lowest BCUT2D eigenvalue weighted by molar-refractivity contribution is 0.0940. The van der Waals surface area contributed by atoms with E-state index in [0.717, 1.165) is 36.2 Å². The third-order valence-corrected chi connectivity index (χ3v) is 2.88. The molecule has 3 nitrogen and oxygen atoms in total. The van der Waals surface area contributed by atoms with Crippen LogP contribution in [0.3, 0.4) is 0 Å². The van der Waals surface area contributed by atoms with E-state index in [0.29, 0.717) is 0 Å². The molecule has 1 aromatic rings. The molecule has 1 fully saturated rings. The Kier molecular flexibility index (Phi) is 3.25. The molecular weight excluding hydrogens is 200 g/mol. The van der Waals surface area contributed by atoms with Crippen molar-refractivity contribution in [1.29, 1.82) is 0 Å². The van der Waals surface area contributed by atoms with Crippen LogP contribution in [0.25, 0.3) is 0 Å². The third-order valence-electron chi connectivity index (χ3n) is 2.88. The molecule has 2 N–H and O–H groups in total. The number of aryl methyl sites for hydroxylation is 2. The van der Waals surface area contributed by atoms with Crippen molar-refractivity contribution in [2.24, 2.45) is 0 Å². The summed E-state index contributed by atoms with van der Waals surface area (Å²) in [6.07, 6.45) is 1.02. The molecule has 0 saturated carbocycles. The maximum atomic E-state index is 12.0. The number of benzene rings is 1. The lowest BCUT2D eigenvalue weighted by Gasteiger charge is -2.12. The number of hydrogen-bond donors (Lipinski definition) is 2. The zero-order valence-corrected chi connectivity index (χ0v) is 9.84. The van der Waals surface area contributed by atoms with Crippen molar-refractivity contribution in [3.05, 3.63) is 34.9 Å². The molecule has 1 aliphatic heterocycles. The van der Waals surface area contributed by atoms with E-state index >= 15 is 0 Å². The highest BCUT2D eigenvalue weighted by Gasteiger charge is 2.17. The highest BCUT2D eigenvalue weighted by molar-refractivity contribution is 5.94. The van der Waals surface area contributed by atoms with Crippen molar-refractivity contribution in [3.8, 4) is 0 Å². The van der Waals surface area contributed by atoms with Gasteiger partial charge in [-0.15, -0.1) is 0 Å². The van der Waals surface area contributed by atoms with Crippen LogP contribution < -0.4 is 10.6 Å². The standard InChI is InChI=1S/C13H18N2O/c1-9-5-10(2)7-11(6-9)13(16)15-12-3-4-14-8-12/h5-7,12,14H,3-4,8H2,1-2H3,(H,15,16)/t12-/m0/s1. The molecular formula is C13H18N2O. The Balaban J connectivity index is 2.07. The summed E-state index contributed by atoms with van der Waals surface area (Å²) in [5.74, 6) is 0.0421. The second-order valence-electron chi connectivity index (χ2n) is 4.54. The number of nitrogens with one attached hydrogen (secondary N) is 2. The van der Waals surface area contributed by atoms with E-state index in [-0.39, 0.29) is 11.9 Å². The minimum Gasteiger partial charge on any atom is -0.348 e. The number of carbonyl (C=O) groups excluding carboxylic acids is 1. The highest BCUT2D eigenvalue weighted by atomic mass is 16.1. The summed E-state index contributed by atoms with van der Waals surface area (Å²) in [6.45, 7) is 5.91. The van der Waals surface area contributed by atoms with Crippen LogP contribution in [0, 0.1) is 13.8 Å². The van der Waals surface area contributed by atoms with Gasteiger partial charge < -0.3 is 10.6 Å². The van der Waals surface area contributed by atoms with Gasteiger partial charge in [0.1, 0.15) is 0 Å². The summed E-state index contributed by atoms with van der Waals surface area (Å²) in [7, 11) is 0. The van der Waals surface area contributed by atoms with Crippen LogP contribution in [0.2, 0.25) is 0 Å². The van der Waals surface area contributed by atoms with Crippen LogP contribution in [0.1, 0.15) is 27.9 Å². The Morgan fingerprint density at radius 2 is 2.00 bits per heavy atom. The van der Waals surface area contributed by atoms with Gasteiger partial charge in [-0.2, -0.15) is 0 Å². The van der Waals surface area contributed by atoms with Crippen molar-refractivity contribution >= 4 is 5.91 Å². The van der Waals surface area contributed by atoms with E-state index in [4.69, 9.17) is 0 Å². The Bertz CT molecular complexity index is 375. The first kappa shape index (κ1) is 11.1. The first-order chi connectivity index (χ1) is 7.65. The van der Waals surface area contributed by atoms with Gasteiger partial charge >= 0.3 is 0 Å². The summed E-state index contributed by atoms with van der Waals surface area (Å²) in [4.78, 5) is 12.0. The van der Waals surface area contributed by atoms with Gasteiger partial charge in [0.15, 0.2) is 0 Å². The average Bonchev–Trinajstić information content (AvgIpc) is 2.68. The quantitative estimate of drug-likeness (QED) is 0.787. The molecule has 1 saturated heterocycles. The zero-order valence-electron chi connectivity index (χ0n) is 9.84. The van der Waals surface area contributed by atoms with Crippen LogP contribution in [-0.4, -0.2) is 25.0 Å². The Morgan fingerprint density at radius 1 is 1.31 bits per heavy atom. The summed E-state index contributed by atoms with van der Waals surface area (Å²) >= 11 is 0. The molecule has 86 valence electrons. The second-order valence-corrected chi connectivity index (χ2v) is 4.54. The van der Waals surface area contributed by atoms with Gasteiger partial charge in [0.2, 0.25) is 0 Å². The maximum Gasteiger partial charge on any atom is 0.251 e. The number of rotatable bonds is 2. The lowest BCUT2D eigenvalue weighted by Crippen LogP contribution is -2.36. The van der Waals surface area contributed by atoms with Crippen molar-refractivity contribution in [3.63, 3.8) is 0 Å². The van der Waals surface area contributed by atoms with Crippen LogP contribution >= 0.6 is 0 Å². The Morgan fingerprint density at radius 3 is 2.56 bits per heavy atom. The fourth-order valence-electron chi connectivity index (χ4n) is 2.15. The Hall–Kier alpha value is -1.35. The third kappa shape index (κ3) is 2.61. The maximum absolute atomic E-state index is 12.0. The van der Waals surface area contributed by atoms with Gasteiger partial charge in [-0.25, -0.2) is 0 Å². The van der Waals surface area contributed by atoms with E-state index in [1.54, 1.807) is 0 Å². The molecule has 1 aliphatic rings. The molecule has 1 heterocycles. The topological polar surface area (TPSA) is 41.1 Å². The zero-order chi connectivity index (χ0) is 11.5. The fraction of sp³-hybridized carbons (Fsp3) is 0.462. The lowest BCUT2D eigenvalue weighted by atomic mass is 10.1. The molecule has 16 heavy (non-hydrogen) atoms. The van der Waals surface area contributed by atoms with Crippen molar-refractivity contribution in [1.82, 2.24) is 10.6 Å². The van der Waals surface area contributed by atoms with E-state index in [1.807, 2.05) is 26.0 Å². The van der Waals surface area contributed by atoms with E-state index < -0.39 is 0 Å². The van der Waals surface area contributed by atoms with Crippen molar-refractivity contribution in [2.45, 2.75) is 26.3 Å². The van der Waals surface area contributed by atoms with Crippen LogP contribution in [0.15, 0.2) is 18.2 Å². The molecule has 0 spiro atoms. The largest absolute Gasteiger partial charge is 0.348 e. The smallest absolute Gasteiger partial charge is 0.251 e. The van der Waals surface area contributed by atoms with Crippen LogP contribution in [0.4, 0.5) is 0 Å². The predicted molar refractivity (Wildman–Crippen MR) is 64.7 cm³/mol. The minimum absolute atomic E-state index is 0.0421. The number of carbonyl (C=O) groups is 1. The first-order valence-corrected chi connectivity index (χ1v) is 5.75. The van der Waals surface area contributed by atoms with Gasteiger partial charge in [0.05, 0.1) is 0 Å². The molecule has 0 radical (unpaired) electrons. The monoisotopic (exact) mass is 218 g/mol. The molecule has 0 aromatic heterocycles. The molecule has 0 unspecified atom stereocenters. The second kappa shape index (κ2) is 4.66. The van der Waals surface area contributed by atoms with Gasteiger partial charge in [0, 0.05) is 18.2 Å². The van der Waals surface area contributed by atoms with E-state index in [1.165, 1.54) is 0 Å². The van der Waals surface area contributed by atoms with Crippen molar-refractivity contribution in [2.75, 3.05) is 13.1 Å². The van der Waals surface area contributed by atoms with Gasteiger partial charge in [-0.3, -0.25) is 4.79 Å². The van der Waals surface area contributed by atoms with Crippen LogP contribution in [-0.2, 0) is 0 Å². The molecule has 0 aliphatic carbocycles. The minimum atomic E-state index is 0.0421. The average molecular weight is 218 g/mol. The van der Waals surface area contributed by atoms with Gasteiger partial charge in [0.25, 0.3) is 5.91 Å². The number of hydrogen-bond acceptors (Lipinski definition) is 2. The Labute approximate surface area is 96.2 Å². The summed E-state index contributed by atoms with van der Waals surface area (Å²) < 4.78 is 0. The molecule has 1 aromatic carbocycles. The summed E-state index contributed by atoms with van der Waals surface area (Å²) in [5, 5.41) is 6.29. The fourth-order valence-corrected chi connectivity index (χ4v) is 2.15. The molecule has 0 bridgehead atoms. The molecule has 3 heteroatoms. The summed E-state index contributed by atoms with van der Waals surface area (Å²) in [6, 6.07) is 6.23. The van der Waals surface area contributed by atoms with Crippen LogP contribution in [0.5, 0.6) is 0 Å². The highest BCUT2D eigenvalue weighted by Crippen LogP contribution is 2.09. The number of amides is 1. The molecule has 1 amide bonds. The van der Waals surface area contributed by atoms with Gasteiger partial charge in [-0.1, -0.05) is 17.2 Å². The summed E-state index contributed by atoms with van der Waals surface area (Å²) in [5.41, 5.74) is 3.04. The normalized spacial score (nSPS) is 19.8. The molecule has 2 rings (SSSR count). The van der Waals surface area contributed by atoms with E-state index in [9.17, 15) is 4.79 Å². The van der Waals surface area contributed by atoms with E-state index in [2.05, 4.69) is 16.7 Å². The predicted octanol–water partition coefficient (Wildman–Crippen LogP) is 1.40. The van der Waals surface area contributed by atoms with Gasteiger partial charge in [-0.05, 0) is 38.9 Å². The molecule has 1 atom stereocenters. The SMILES string of the molecule is Cc1cc(C)cc(C(=O)N[C@H]2CCNC2)c1. The van der Waals surface area contributed by atoms with Crippen molar-refractivity contribution < 1.29 is 4.79 Å².